The van der Waals surface area contributed by atoms with E-state index in [9.17, 15) is 14.4 Å². The second-order valence-electron chi connectivity index (χ2n) is 6.55. The third-order valence-electron chi connectivity index (χ3n) is 4.61. The molecule has 8 heteroatoms. The molecular formula is C20H20BrN3O4. The lowest BCUT2D eigenvalue weighted by atomic mass is 9.92. The highest BCUT2D eigenvalue weighted by molar-refractivity contribution is 9.10. The first-order chi connectivity index (χ1) is 13.3. The zero-order valence-electron chi connectivity index (χ0n) is 15.5. The summed E-state index contributed by atoms with van der Waals surface area (Å²) in [6.07, 6.45) is 0. The summed E-state index contributed by atoms with van der Waals surface area (Å²) in [5.74, 6) is -0.214. The van der Waals surface area contributed by atoms with E-state index < -0.39 is 23.4 Å². The second-order valence-corrected chi connectivity index (χ2v) is 7.41. The Morgan fingerprint density at radius 3 is 2.68 bits per heavy atom. The van der Waals surface area contributed by atoms with E-state index in [0.29, 0.717) is 15.8 Å². The molecule has 1 aliphatic rings. The summed E-state index contributed by atoms with van der Waals surface area (Å²) < 4.78 is 5.85. The van der Waals surface area contributed by atoms with Crippen LogP contribution < -0.4 is 15.4 Å². The first kappa shape index (κ1) is 19.9. The molecule has 2 aromatic rings. The Balaban J connectivity index is 1.67. The van der Waals surface area contributed by atoms with Crippen molar-refractivity contribution in [2.75, 3.05) is 13.7 Å². The standard InChI is InChI=1S/C20H20BrN3O4/c1-20(15-8-3-4-9-16(15)21)18(26)24(19(27)23-20)12-17(25)22-11-13-6-5-7-14(10-13)28-2/h3-10H,11-12H2,1-2H3,(H,22,25)(H,23,27)/t20-/m1/s1. The van der Waals surface area contributed by atoms with Crippen LogP contribution in [0.1, 0.15) is 18.1 Å². The Bertz CT molecular complexity index is 933. The number of methoxy groups -OCH3 is 1. The molecule has 0 unspecified atom stereocenters. The highest BCUT2D eigenvalue weighted by atomic mass is 79.9. The van der Waals surface area contributed by atoms with Crippen molar-refractivity contribution in [1.82, 2.24) is 15.5 Å². The number of ether oxygens (including phenoxy) is 1. The van der Waals surface area contributed by atoms with E-state index in [4.69, 9.17) is 4.74 Å². The number of nitrogens with one attached hydrogen (secondary N) is 2. The molecule has 0 aliphatic carbocycles. The van der Waals surface area contributed by atoms with Gasteiger partial charge in [-0.15, -0.1) is 0 Å². The third kappa shape index (κ3) is 3.87. The summed E-state index contributed by atoms with van der Waals surface area (Å²) in [5.41, 5.74) is 0.250. The summed E-state index contributed by atoms with van der Waals surface area (Å²) in [5, 5.41) is 5.41. The van der Waals surface area contributed by atoms with Crippen LogP contribution in [-0.4, -0.2) is 36.4 Å². The monoisotopic (exact) mass is 445 g/mol. The predicted octanol–water partition coefficient (Wildman–Crippen LogP) is 2.54. The Labute approximate surface area is 171 Å². The summed E-state index contributed by atoms with van der Waals surface area (Å²) >= 11 is 3.41. The number of amides is 4. The summed E-state index contributed by atoms with van der Waals surface area (Å²) in [6, 6.07) is 13.8. The number of benzene rings is 2. The van der Waals surface area contributed by atoms with Gasteiger partial charge in [0.1, 0.15) is 17.8 Å². The minimum Gasteiger partial charge on any atom is -0.497 e. The number of carbonyl (C=O) groups excluding carboxylic acids is 3. The molecule has 28 heavy (non-hydrogen) atoms. The summed E-state index contributed by atoms with van der Waals surface area (Å²) in [4.78, 5) is 38.5. The molecule has 0 saturated carbocycles. The van der Waals surface area contributed by atoms with Crippen LogP contribution >= 0.6 is 15.9 Å². The van der Waals surface area contributed by atoms with E-state index in [-0.39, 0.29) is 13.1 Å². The maximum atomic E-state index is 12.9. The van der Waals surface area contributed by atoms with Gasteiger partial charge >= 0.3 is 6.03 Å². The molecule has 1 atom stereocenters. The number of urea groups is 1. The summed E-state index contributed by atoms with van der Waals surface area (Å²) in [6.45, 7) is 1.54. The first-order valence-electron chi connectivity index (χ1n) is 8.64. The molecule has 1 heterocycles. The van der Waals surface area contributed by atoms with Crippen molar-refractivity contribution >= 4 is 33.8 Å². The van der Waals surface area contributed by atoms with Crippen molar-refractivity contribution in [1.29, 1.82) is 0 Å². The van der Waals surface area contributed by atoms with Crippen molar-refractivity contribution < 1.29 is 19.1 Å². The first-order valence-corrected chi connectivity index (χ1v) is 9.43. The largest absolute Gasteiger partial charge is 0.497 e. The molecule has 0 bridgehead atoms. The van der Waals surface area contributed by atoms with Crippen molar-refractivity contribution in [3.05, 3.63) is 64.1 Å². The fourth-order valence-corrected chi connectivity index (χ4v) is 3.75. The van der Waals surface area contributed by atoms with Crippen LogP contribution in [0.5, 0.6) is 5.75 Å². The normalized spacial score (nSPS) is 18.8. The lowest BCUT2D eigenvalue weighted by molar-refractivity contribution is -0.134. The Hall–Kier alpha value is -2.87. The van der Waals surface area contributed by atoms with Gasteiger partial charge in [-0.25, -0.2) is 4.79 Å². The Morgan fingerprint density at radius 2 is 1.96 bits per heavy atom. The number of carbonyl (C=O) groups is 3. The van der Waals surface area contributed by atoms with Gasteiger partial charge in [0.25, 0.3) is 5.91 Å². The van der Waals surface area contributed by atoms with Gasteiger partial charge in [0, 0.05) is 16.6 Å². The van der Waals surface area contributed by atoms with Gasteiger partial charge in [0.05, 0.1) is 7.11 Å². The molecule has 1 aliphatic heterocycles. The molecule has 1 fully saturated rings. The molecular weight excluding hydrogens is 426 g/mol. The van der Waals surface area contributed by atoms with Crippen LogP contribution in [0.25, 0.3) is 0 Å². The highest BCUT2D eigenvalue weighted by Gasteiger charge is 2.50. The van der Waals surface area contributed by atoms with E-state index in [0.717, 1.165) is 10.5 Å². The third-order valence-corrected chi connectivity index (χ3v) is 5.30. The molecule has 4 amide bonds. The minimum atomic E-state index is -1.23. The maximum absolute atomic E-state index is 12.9. The average Bonchev–Trinajstić information content (AvgIpc) is 2.90. The molecule has 146 valence electrons. The fourth-order valence-electron chi connectivity index (χ4n) is 3.07. The Morgan fingerprint density at radius 1 is 1.21 bits per heavy atom. The van der Waals surface area contributed by atoms with Crippen LogP contribution in [0.2, 0.25) is 0 Å². The van der Waals surface area contributed by atoms with Crippen molar-refractivity contribution in [3.8, 4) is 5.75 Å². The smallest absolute Gasteiger partial charge is 0.325 e. The van der Waals surface area contributed by atoms with Crippen LogP contribution in [0.3, 0.4) is 0 Å². The minimum absolute atomic E-state index is 0.265. The molecule has 2 N–H and O–H groups in total. The van der Waals surface area contributed by atoms with Gasteiger partial charge < -0.3 is 15.4 Å². The quantitative estimate of drug-likeness (QED) is 0.668. The van der Waals surface area contributed by atoms with Gasteiger partial charge in [-0.2, -0.15) is 0 Å². The van der Waals surface area contributed by atoms with Gasteiger partial charge in [0.15, 0.2) is 0 Å². The van der Waals surface area contributed by atoms with E-state index >= 15 is 0 Å². The summed E-state index contributed by atoms with van der Waals surface area (Å²) in [7, 11) is 1.57. The topological polar surface area (TPSA) is 87.7 Å². The molecule has 0 radical (unpaired) electrons. The van der Waals surface area contributed by atoms with E-state index in [2.05, 4.69) is 26.6 Å². The number of hydrogen-bond donors (Lipinski definition) is 2. The van der Waals surface area contributed by atoms with Gasteiger partial charge in [-0.05, 0) is 30.7 Å². The second kappa shape index (κ2) is 8.02. The van der Waals surface area contributed by atoms with Crippen molar-refractivity contribution in [2.24, 2.45) is 0 Å². The van der Waals surface area contributed by atoms with Crippen LogP contribution in [0.4, 0.5) is 4.79 Å². The zero-order chi connectivity index (χ0) is 20.3. The van der Waals surface area contributed by atoms with E-state index in [1.807, 2.05) is 18.2 Å². The number of rotatable bonds is 6. The lowest BCUT2D eigenvalue weighted by Crippen LogP contribution is -2.43. The Kier molecular flexibility index (Phi) is 5.69. The van der Waals surface area contributed by atoms with Gasteiger partial charge in [-0.3, -0.25) is 14.5 Å². The highest BCUT2D eigenvalue weighted by Crippen LogP contribution is 2.33. The molecule has 0 aromatic heterocycles. The number of hydrogen-bond acceptors (Lipinski definition) is 4. The van der Waals surface area contributed by atoms with Crippen LogP contribution in [0, 0.1) is 0 Å². The number of nitrogens with zero attached hydrogens (tertiary/aromatic N) is 1. The average molecular weight is 446 g/mol. The molecule has 0 spiro atoms. The van der Waals surface area contributed by atoms with Gasteiger partial charge in [-0.1, -0.05) is 46.3 Å². The van der Waals surface area contributed by atoms with Crippen LogP contribution in [0.15, 0.2) is 53.0 Å². The van der Waals surface area contributed by atoms with Crippen molar-refractivity contribution in [2.45, 2.75) is 19.0 Å². The fraction of sp³-hybridized carbons (Fsp3) is 0.250. The number of halogens is 1. The van der Waals surface area contributed by atoms with Crippen molar-refractivity contribution in [3.63, 3.8) is 0 Å². The predicted molar refractivity (Wildman–Crippen MR) is 107 cm³/mol. The van der Waals surface area contributed by atoms with E-state index in [1.165, 1.54) is 0 Å². The number of imide groups is 1. The molecule has 3 rings (SSSR count). The molecule has 1 saturated heterocycles. The zero-order valence-corrected chi connectivity index (χ0v) is 17.1. The maximum Gasteiger partial charge on any atom is 0.325 e. The molecule has 7 nitrogen and oxygen atoms in total. The SMILES string of the molecule is COc1cccc(CNC(=O)CN2C(=O)N[C@](C)(c3ccccc3Br)C2=O)c1. The molecule has 2 aromatic carbocycles. The van der Waals surface area contributed by atoms with Gasteiger partial charge in [0.2, 0.25) is 5.91 Å². The van der Waals surface area contributed by atoms with Crippen LogP contribution in [-0.2, 0) is 21.7 Å². The lowest BCUT2D eigenvalue weighted by Gasteiger charge is -2.23. The van der Waals surface area contributed by atoms with E-state index in [1.54, 1.807) is 44.4 Å².